The van der Waals surface area contributed by atoms with Crippen molar-refractivity contribution >= 4 is 17.7 Å². The fourth-order valence-corrected chi connectivity index (χ4v) is 2.43. The Balaban J connectivity index is 2.18. The van der Waals surface area contributed by atoms with Gasteiger partial charge in [-0.15, -0.1) is 0 Å². The summed E-state index contributed by atoms with van der Waals surface area (Å²) in [6.07, 6.45) is 1.21. The maximum Gasteiger partial charge on any atom is 0.224 e. The highest BCUT2D eigenvalue weighted by molar-refractivity contribution is 7.99. The fourth-order valence-electron chi connectivity index (χ4n) is 1.65. The molecule has 1 aromatic rings. The van der Waals surface area contributed by atoms with Crippen LogP contribution in [0, 0.1) is 0 Å². The van der Waals surface area contributed by atoms with Crippen molar-refractivity contribution in [3.05, 3.63) is 29.8 Å². The number of aliphatic hydroxyl groups is 1. The van der Waals surface area contributed by atoms with E-state index >= 15 is 0 Å². The molecule has 1 aromatic carbocycles. The highest BCUT2D eigenvalue weighted by atomic mass is 32.2. The molecule has 1 amide bonds. The van der Waals surface area contributed by atoms with Gasteiger partial charge in [0.1, 0.15) is 5.75 Å². The largest absolute Gasteiger partial charge is 0.494 e. The summed E-state index contributed by atoms with van der Waals surface area (Å²) in [5, 5.41) is 11.5. The van der Waals surface area contributed by atoms with E-state index in [9.17, 15) is 4.79 Å². The molecule has 0 fully saturated rings. The number of benzene rings is 1. The van der Waals surface area contributed by atoms with E-state index in [1.807, 2.05) is 31.2 Å². The Hall–Kier alpha value is -1.20. The minimum absolute atomic E-state index is 0.0388. The van der Waals surface area contributed by atoms with Crippen LogP contribution in [0.2, 0.25) is 0 Å². The molecule has 0 aromatic heterocycles. The number of amides is 1. The van der Waals surface area contributed by atoms with Gasteiger partial charge in [0.05, 0.1) is 13.0 Å². The van der Waals surface area contributed by atoms with Gasteiger partial charge < -0.3 is 15.2 Å². The molecule has 20 heavy (non-hydrogen) atoms. The summed E-state index contributed by atoms with van der Waals surface area (Å²) >= 11 is 1.74. The van der Waals surface area contributed by atoms with Crippen molar-refractivity contribution in [1.82, 2.24) is 5.32 Å². The Kier molecular flexibility index (Phi) is 8.91. The first-order chi connectivity index (χ1) is 9.76. The first kappa shape index (κ1) is 16.9. The van der Waals surface area contributed by atoms with Crippen LogP contribution in [0.4, 0.5) is 0 Å². The summed E-state index contributed by atoms with van der Waals surface area (Å²) in [5.74, 6) is 2.69. The number of carbonyl (C=O) groups is 1. The lowest BCUT2D eigenvalue weighted by atomic mass is 10.1. The molecule has 0 aliphatic rings. The third-order valence-electron chi connectivity index (χ3n) is 2.61. The van der Waals surface area contributed by atoms with Crippen LogP contribution < -0.4 is 10.1 Å². The lowest BCUT2D eigenvalue weighted by Crippen LogP contribution is -2.27. The van der Waals surface area contributed by atoms with Crippen molar-refractivity contribution in [3.8, 4) is 5.75 Å². The maximum atomic E-state index is 11.7. The van der Waals surface area contributed by atoms with Crippen LogP contribution in [-0.2, 0) is 11.2 Å². The normalized spacial score (nSPS) is 10.3. The quantitative estimate of drug-likeness (QED) is 0.647. The van der Waals surface area contributed by atoms with E-state index in [1.54, 1.807) is 11.8 Å². The number of ether oxygens (including phenoxy) is 1. The molecule has 0 saturated carbocycles. The van der Waals surface area contributed by atoms with Crippen molar-refractivity contribution in [2.45, 2.75) is 19.8 Å². The SMILES string of the molecule is CCOc1ccc(CC(=O)NCCSCCCO)cc1. The Bertz CT molecular complexity index is 381. The van der Waals surface area contributed by atoms with Crippen LogP contribution >= 0.6 is 11.8 Å². The molecule has 112 valence electrons. The van der Waals surface area contributed by atoms with E-state index in [-0.39, 0.29) is 12.5 Å². The second kappa shape index (κ2) is 10.6. The van der Waals surface area contributed by atoms with Gasteiger partial charge in [-0.3, -0.25) is 4.79 Å². The third-order valence-corrected chi connectivity index (χ3v) is 3.68. The molecule has 2 N–H and O–H groups in total. The van der Waals surface area contributed by atoms with Crippen LogP contribution in [0.15, 0.2) is 24.3 Å². The van der Waals surface area contributed by atoms with E-state index in [2.05, 4.69) is 5.32 Å². The number of aliphatic hydroxyl groups excluding tert-OH is 1. The molecule has 0 aliphatic carbocycles. The number of rotatable bonds is 10. The van der Waals surface area contributed by atoms with E-state index in [4.69, 9.17) is 9.84 Å². The average molecular weight is 297 g/mol. The number of hydrogen-bond acceptors (Lipinski definition) is 4. The van der Waals surface area contributed by atoms with Gasteiger partial charge in [-0.25, -0.2) is 0 Å². The second-order valence-corrected chi connectivity index (χ2v) is 5.52. The maximum absolute atomic E-state index is 11.7. The molecule has 0 bridgehead atoms. The first-order valence-electron chi connectivity index (χ1n) is 6.93. The van der Waals surface area contributed by atoms with Gasteiger partial charge in [-0.2, -0.15) is 11.8 Å². The van der Waals surface area contributed by atoms with Gasteiger partial charge in [-0.1, -0.05) is 12.1 Å². The van der Waals surface area contributed by atoms with Gasteiger partial charge in [-0.05, 0) is 36.8 Å². The fraction of sp³-hybridized carbons (Fsp3) is 0.533. The molecular weight excluding hydrogens is 274 g/mol. The van der Waals surface area contributed by atoms with Gasteiger partial charge in [0, 0.05) is 18.9 Å². The predicted octanol–water partition coefficient (Wildman–Crippen LogP) is 1.86. The average Bonchev–Trinajstić information content (AvgIpc) is 2.45. The number of hydrogen-bond donors (Lipinski definition) is 2. The van der Waals surface area contributed by atoms with Crippen molar-refractivity contribution in [2.24, 2.45) is 0 Å². The van der Waals surface area contributed by atoms with Crippen LogP contribution in [0.5, 0.6) is 5.75 Å². The smallest absolute Gasteiger partial charge is 0.224 e. The van der Waals surface area contributed by atoms with Crippen molar-refractivity contribution in [1.29, 1.82) is 0 Å². The topological polar surface area (TPSA) is 58.6 Å². The van der Waals surface area contributed by atoms with E-state index in [0.29, 0.717) is 19.6 Å². The molecule has 0 heterocycles. The van der Waals surface area contributed by atoms with Gasteiger partial charge in [0.25, 0.3) is 0 Å². The van der Waals surface area contributed by atoms with E-state index in [0.717, 1.165) is 29.2 Å². The molecule has 0 aliphatic heterocycles. The lowest BCUT2D eigenvalue weighted by Gasteiger charge is -2.06. The molecule has 1 rings (SSSR count). The van der Waals surface area contributed by atoms with Gasteiger partial charge >= 0.3 is 0 Å². The zero-order valence-corrected chi connectivity index (χ0v) is 12.7. The molecular formula is C15H23NO3S. The van der Waals surface area contributed by atoms with Crippen molar-refractivity contribution in [2.75, 3.05) is 31.3 Å². The predicted molar refractivity (Wildman–Crippen MR) is 83.4 cm³/mol. The van der Waals surface area contributed by atoms with Gasteiger partial charge in [0.2, 0.25) is 5.91 Å². The van der Waals surface area contributed by atoms with E-state index < -0.39 is 0 Å². The molecule has 0 atom stereocenters. The summed E-state index contributed by atoms with van der Waals surface area (Å²) in [4.78, 5) is 11.7. The molecule has 0 unspecified atom stereocenters. The Morgan fingerprint density at radius 2 is 2.05 bits per heavy atom. The Morgan fingerprint density at radius 1 is 1.30 bits per heavy atom. The zero-order valence-electron chi connectivity index (χ0n) is 11.9. The first-order valence-corrected chi connectivity index (χ1v) is 8.08. The molecule has 0 radical (unpaired) electrons. The molecule has 0 saturated heterocycles. The summed E-state index contributed by atoms with van der Waals surface area (Å²) in [7, 11) is 0. The summed E-state index contributed by atoms with van der Waals surface area (Å²) in [6.45, 7) is 3.50. The van der Waals surface area contributed by atoms with Crippen LogP contribution in [0.1, 0.15) is 18.9 Å². The second-order valence-electron chi connectivity index (χ2n) is 4.29. The Morgan fingerprint density at radius 3 is 2.70 bits per heavy atom. The molecule has 4 nitrogen and oxygen atoms in total. The zero-order chi connectivity index (χ0) is 14.6. The summed E-state index contributed by atoms with van der Waals surface area (Å²) < 4.78 is 5.36. The van der Waals surface area contributed by atoms with Crippen LogP contribution in [0.3, 0.4) is 0 Å². The molecule has 5 heteroatoms. The minimum atomic E-state index is 0.0388. The summed E-state index contributed by atoms with van der Waals surface area (Å²) in [6, 6.07) is 7.61. The van der Waals surface area contributed by atoms with E-state index in [1.165, 1.54) is 0 Å². The Labute approximate surface area is 124 Å². The third kappa shape index (κ3) is 7.40. The van der Waals surface area contributed by atoms with Crippen molar-refractivity contribution < 1.29 is 14.6 Å². The van der Waals surface area contributed by atoms with Gasteiger partial charge in [0.15, 0.2) is 0 Å². The number of nitrogens with one attached hydrogen (secondary N) is 1. The van der Waals surface area contributed by atoms with Crippen LogP contribution in [0.25, 0.3) is 0 Å². The number of carbonyl (C=O) groups excluding carboxylic acids is 1. The van der Waals surface area contributed by atoms with Crippen LogP contribution in [-0.4, -0.2) is 42.3 Å². The highest BCUT2D eigenvalue weighted by Gasteiger charge is 2.03. The highest BCUT2D eigenvalue weighted by Crippen LogP contribution is 2.12. The standard InChI is InChI=1S/C15H23NO3S/c1-2-19-14-6-4-13(5-7-14)12-15(18)16-8-11-20-10-3-9-17/h4-7,17H,2-3,8-12H2,1H3,(H,16,18). The summed E-state index contributed by atoms with van der Waals surface area (Å²) in [5.41, 5.74) is 0.985. The monoisotopic (exact) mass is 297 g/mol. The lowest BCUT2D eigenvalue weighted by molar-refractivity contribution is -0.120. The minimum Gasteiger partial charge on any atom is -0.494 e. The number of thioether (sulfide) groups is 1. The van der Waals surface area contributed by atoms with Crippen molar-refractivity contribution in [3.63, 3.8) is 0 Å². The molecule has 0 spiro atoms.